The average Bonchev–Trinajstić information content (AvgIpc) is 2.88. The predicted octanol–water partition coefficient (Wildman–Crippen LogP) is 4.27. The van der Waals surface area contributed by atoms with Gasteiger partial charge in [0, 0.05) is 19.2 Å². The van der Waals surface area contributed by atoms with E-state index in [1.54, 1.807) is 35.2 Å². The van der Waals surface area contributed by atoms with Gasteiger partial charge in [-0.2, -0.15) is 0 Å². The lowest BCUT2D eigenvalue weighted by Gasteiger charge is -2.34. The largest absolute Gasteiger partial charge is 0.341 e. The zero-order valence-corrected chi connectivity index (χ0v) is 20.0. The SMILES string of the molecule is O=C(CN(c1ccccc1)S(=O)(=O)c1ccccc1[N+](=O)[O-])N1CCC(Cc2ccccc2)CC1. The van der Waals surface area contributed by atoms with Crippen molar-refractivity contribution >= 4 is 27.3 Å². The predicted molar refractivity (Wildman–Crippen MR) is 134 cm³/mol. The lowest BCUT2D eigenvalue weighted by molar-refractivity contribution is -0.387. The second-order valence-electron chi connectivity index (χ2n) is 8.59. The molecule has 35 heavy (non-hydrogen) atoms. The highest BCUT2D eigenvalue weighted by Crippen LogP contribution is 2.30. The van der Waals surface area contributed by atoms with Gasteiger partial charge in [-0.3, -0.25) is 19.2 Å². The number of benzene rings is 3. The average molecular weight is 494 g/mol. The molecule has 1 heterocycles. The number of nitro groups is 1. The molecule has 0 atom stereocenters. The smallest absolute Gasteiger partial charge is 0.289 e. The van der Waals surface area contributed by atoms with Crippen molar-refractivity contribution in [2.24, 2.45) is 5.92 Å². The summed E-state index contributed by atoms with van der Waals surface area (Å²) in [6, 6.07) is 23.6. The number of anilines is 1. The number of rotatable bonds is 8. The van der Waals surface area contributed by atoms with Crippen molar-refractivity contribution in [1.29, 1.82) is 0 Å². The molecule has 1 amide bonds. The maximum absolute atomic E-state index is 13.6. The van der Waals surface area contributed by atoms with Crippen LogP contribution in [0.3, 0.4) is 0 Å². The number of amides is 1. The summed E-state index contributed by atoms with van der Waals surface area (Å²) in [5.41, 5.74) is 1.02. The summed E-state index contributed by atoms with van der Waals surface area (Å²) in [6.45, 7) is 0.663. The summed E-state index contributed by atoms with van der Waals surface area (Å²) >= 11 is 0. The maximum atomic E-state index is 13.6. The van der Waals surface area contributed by atoms with Crippen LogP contribution in [0, 0.1) is 16.0 Å². The molecular formula is C26H27N3O5S. The summed E-state index contributed by atoms with van der Waals surface area (Å²) in [7, 11) is -4.37. The highest BCUT2D eigenvalue weighted by Gasteiger charge is 2.34. The van der Waals surface area contributed by atoms with E-state index in [0.717, 1.165) is 29.6 Å². The number of hydrogen-bond donors (Lipinski definition) is 0. The van der Waals surface area contributed by atoms with Gasteiger partial charge in [0.05, 0.1) is 10.6 Å². The first-order valence-electron chi connectivity index (χ1n) is 11.5. The first kappa shape index (κ1) is 24.4. The van der Waals surface area contributed by atoms with Crippen molar-refractivity contribution in [3.8, 4) is 0 Å². The van der Waals surface area contributed by atoms with E-state index in [4.69, 9.17) is 0 Å². The van der Waals surface area contributed by atoms with Gasteiger partial charge in [-0.1, -0.05) is 60.7 Å². The number of sulfonamides is 1. The van der Waals surface area contributed by atoms with Crippen molar-refractivity contribution in [3.63, 3.8) is 0 Å². The Labute approximate surface area is 205 Å². The maximum Gasteiger partial charge on any atom is 0.289 e. The van der Waals surface area contributed by atoms with E-state index < -0.39 is 32.1 Å². The molecule has 0 unspecified atom stereocenters. The fraction of sp³-hybridized carbons (Fsp3) is 0.269. The molecule has 0 N–H and O–H groups in total. The molecule has 4 rings (SSSR count). The third-order valence-electron chi connectivity index (χ3n) is 6.29. The van der Waals surface area contributed by atoms with Crippen LogP contribution in [0.5, 0.6) is 0 Å². The molecule has 9 heteroatoms. The molecule has 0 spiro atoms. The highest BCUT2D eigenvalue weighted by atomic mass is 32.2. The monoisotopic (exact) mass is 493 g/mol. The van der Waals surface area contributed by atoms with Crippen LogP contribution in [0.25, 0.3) is 0 Å². The number of para-hydroxylation sites is 2. The third-order valence-corrected chi connectivity index (χ3v) is 8.11. The zero-order chi connectivity index (χ0) is 24.8. The van der Waals surface area contributed by atoms with Crippen molar-refractivity contribution in [2.45, 2.75) is 24.2 Å². The molecule has 1 aliphatic heterocycles. The Balaban J connectivity index is 1.52. The van der Waals surface area contributed by atoms with Crippen molar-refractivity contribution in [2.75, 3.05) is 23.9 Å². The van der Waals surface area contributed by atoms with Crippen LogP contribution >= 0.6 is 0 Å². The summed E-state index contributed by atoms with van der Waals surface area (Å²) in [5.74, 6) is 0.136. The number of carbonyl (C=O) groups is 1. The molecule has 0 bridgehead atoms. The summed E-state index contributed by atoms with van der Waals surface area (Å²) in [5, 5.41) is 11.5. The summed E-state index contributed by atoms with van der Waals surface area (Å²) < 4.78 is 28.1. The van der Waals surface area contributed by atoms with E-state index in [2.05, 4.69) is 12.1 Å². The van der Waals surface area contributed by atoms with Crippen LogP contribution in [-0.2, 0) is 21.2 Å². The molecule has 1 fully saturated rings. The molecule has 0 aromatic heterocycles. The second kappa shape index (κ2) is 10.7. The summed E-state index contributed by atoms with van der Waals surface area (Å²) in [6.07, 6.45) is 2.62. The van der Waals surface area contributed by atoms with Gasteiger partial charge in [-0.15, -0.1) is 0 Å². The highest BCUT2D eigenvalue weighted by molar-refractivity contribution is 7.93. The fourth-order valence-corrected chi connectivity index (χ4v) is 5.99. The number of hydrogen-bond acceptors (Lipinski definition) is 5. The van der Waals surface area contributed by atoms with Crippen LogP contribution in [0.4, 0.5) is 11.4 Å². The first-order valence-corrected chi connectivity index (χ1v) is 12.9. The fourth-order valence-electron chi connectivity index (χ4n) is 4.41. The van der Waals surface area contributed by atoms with Crippen molar-refractivity contribution in [1.82, 2.24) is 4.90 Å². The Morgan fingerprint density at radius 3 is 2.11 bits per heavy atom. The number of piperidine rings is 1. The molecule has 1 saturated heterocycles. The van der Waals surface area contributed by atoms with Crippen LogP contribution < -0.4 is 4.31 Å². The van der Waals surface area contributed by atoms with Crippen LogP contribution in [0.1, 0.15) is 18.4 Å². The molecule has 0 saturated carbocycles. The third kappa shape index (κ3) is 5.68. The molecule has 3 aromatic rings. The summed E-state index contributed by atoms with van der Waals surface area (Å²) in [4.78, 5) is 25.3. The lowest BCUT2D eigenvalue weighted by Crippen LogP contribution is -2.46. The molecule has 0 radical (unpaired) electrons. The van der Waals surface area contributed by atoms with Gasteiger partial charge in [0.15, 0.2) is 4.90 Å². The lowest BCUT2D eigenvalue weighted by atomic mass is 9.90. The van der Waals surface area contributed by atoms with E-state index in [1.165, 1.54) is 23.8 Å². The van der Waals surface area contributed by atoms with Crippen LogP contribution in [-0.4, -0.2) is 43.8 Å². The van der Waals surface area contributed by atoms with E-state index in [9.17, 15) is 23.3 Å². The van der Waals surface area contributed by atoms with Crippen LogP contribution in [0.15, 0.2) is 89.8 Å². The molecule has 0 aliphatic carbocycles. The minimum Gasteiger partial charge on any atom is -0.341 e. The first-order chi connectivity index (χ1) is 16.9. The Kier molecular flexibility index (Phi) is 7.45. The molecule has 8 nitrogen and oxygen atoms in total. The van der Waals surface area contributed by atoms with E-state index in [-0.39, 0.29) is 11.6 Å². The van der Waals surface area contributed by atoms with Gasteiger partial charge >= 0.3 is 0 Å². The standard InChI is InChI=1S/C26H27N3O5S/c30-26(27-17-15-22(16-18-27)19-21-9-3-1-4-10-21)20-28(23-11-5-2-6-12-23)35(33,34)25-14-8-7-13-24(25)29(31)32/h1-14,22H,15-20H2. The van der Waals surface area contributed by atoms with Crippen LogP contribution in [0.2, 0.25) is 0 Å². The number of nitrogens with zero attached hydrogens (tertiary/aromatic N) is 3. The second-order valence-corrected chi connectivity index (χ2v) is 10.4. The molecule has 1 aliphatic rings. The van der Waals surface area contributed by atoms with E-state index in [0.29, 0.717) is 19.0 Å². The van der Waals surface area contributed by atoms with Gasteiger partial charge in [0.1, 0.15) is 6.54 Å². The minimum absolute atomic E-state index is 0.276. The number of likely N-dealkylation sites (tertiary alicyclic amines) is 1. The van der Waals surface area contributed by atoms with Crippen molar-refractivity contribution < 1.29 is 18.1 Å². The number of nitro benzene ring substituents is 1. The quantitative estimate of drug-likeness (QED) is 0.345. The number of carbonyl (C=O) groups excluding carboxylic acids is 1. The normalized spacial score (nSPS) is 14.5. The Morgan fingerprint density at radius 1 is 0.914 bits per heavy atom. The van der Waals surface area contributed by atoms with E-state index in [1.807, 2.05) is 18.2 Å². The van der Waals surface area contributed by atoms with Gasteiger partial charge < -0.3 is 4.90 Å². The Hall–Kier alpha value is -3.72. The molecule has 3 aromatic carbocycles. The van der Waals surface area contributed by atoms with E-state index >= 15 is 0 Å². The Bertz CT molecular complexity index is 1270. The van der Waals surface area contributed by atoms with Gasteiger partial charge in [0.2, 0.25) is 5.91 Å². The van der Waals surface area contributed by atoms with Gasteiger partial charge in [-0.25, -0.2) is 8.42 Å². The van der Waals surface area contributed by atoms with Gasteiger partial charge in [-0.05, 0) is 48.9 Å². The minimum atomic E-state index is -4.37. The molecular weight excluding hydrogens is 466 g/mol. The Morgan fingerprint density at radius 2 is 1.49 bits per heavy atom. The van der Waals surface area contributed by atoms with Gasteiger partial charge in [0.25, 0.3) is 15.7 Å². The molecule has 182 valence electrons. The topological polar surface area (TPSA) is 101 Å². The zero-order valence-electron chi connectivity index (χ0n) is 19.2. The van der Waals surface area contributed by atoms with Crippen molar-refractivity contribution in [3.05, 3.63) is 101 Å².